The van der Waals surface area contributed by atoms with Crippen molar-refractivity contribution in [2.75, 3.05) is 11.5 Å². The topological polar surface area (TPSA) is 42.4 Å². The average molecular weight is 325 g/mol. The van der Waals surface area contributed by atoms with Gasteiger partial charge < -0.3 is 4.74 Å². The Morgan fingerprint density at radius 2 is 2.44 bits per heavy atom. The van der Waals surface area contributed by atoms with Crippen LogP contribution in [-0.4, -0.2) is 17.5 Å². The summed E-state index contributed by atoms with van der Waals surface area (Å²) in [5.41, 5.74) is 0. The van der Waals surface area contributed by atoms with Crippen molar-refractivity contribution >= 4 is 39.0 Å². The Morgan fingerprint density at radius 3 is 3.22 bits per heavy atom. The largest absolute Gasteiger partial charge is 0.480 e. The van der Waals surface area contributed by atoms with Crippen molar-refractivity contribution in [3.05, 3.63) is 39.1 Å². The van der Waals surface area contributed by atoms with Crippen molar-refractivity contribution in [1.29, 1.82) is 0 Å². The van der Waals surface area contributed by atoms with E-state index in [-0.39, 0.29) is 12.5 Å². The van der Waals surface area contributed by atoms with Crippen LogP contribution in [0.1, 0.15) is 4.88 Å². The number of fused-ring (bicyclic) bond motifs is 1. The average Bonchev–Trinajstić information content (AvgIpc) is 2.86. The molecule has 3 rings (SSSR count). The molecule has 0 saturated carbocycles. The SMILES string of the molecule is O=C1COc2cc(Br)cnc2N1Cc1cccs1. The fourth-order valence-electron chi connectivity index (χ4n) is 1.78. The number of pyridine rings is 1. The van der Waals surface area contributed by atoms with E-state index in [0.717, 1.165) is 9.35 Å². The summed E-state index contributed by atoms with van der Waals surface area (Å²) in [4.78, 5) is 19.0. The van der Waals surface area contributed by atoms with Crippen LogP contribution in [0.15, 0.2) is 34.2 Å². The number of carbonyl (C=O) groups is 1. The lowest BCUT2D eigenvalue weighted by Crippen LogP contribution is -2.38. The molecule has 0 spiro atoms. The Kier molecular flexibility index (Phi) is 3.05. The zero-order chi connectivity index (χ0) is 12.5. The molecule has 0 saturated heterocycles. The second kappa shape index (κ2) is 4.70. The van der Waals surface area contributed by atoms with Crippen LogP contribution in [0.4, 0.5) is 5.82 Å². The number of carbonyl (C=O) groups excluding carboxylic acids is 1. The maximum Gasteiger partial charge on any atom is 0.266 e. The highest BCUT2D eigenvalue weighted by atomic mass is 79.9. The Hall–Kier alpha value is -1.40. The lowest BCUT2D eigenvalue weighted by Gasteiger charge is -2.27. The summed E-state index contributed by atoms with van der Waals surface area (Å²) in [5.74, 6) is 1.16. The summed E-state index contributed by atoms with van der Waals surface area (Å²) in [7, 11) is 0. The summed E-state index contributed by atoms with van der Waals surface area (Å²) in [5, 5.41) is 2.00. The Bertz CT molecular complexity index is 586. The van der Waals surface area contributed by atoms with Gasteiger partial charge in [0.2, 0.25) is 0 Å². The molecule has 1 aliphatic heterocycles. The van der Waals surface area contributed by atoms with E-state index in [1.54, 1.807) is 22.4 Å². The Balaban J connectivity index is 1.96. The second-order valence-corrected chi connectivity index (χ2v) is 5.77. The van der Waals surface area contributed by atoms with Gasteiger partial charge in [0, 0.05) is 15.5 Å². The first-order valence-electron chi connectivity index (χ1n) is 5.35. The molecular weight excluding hydrogens is 316 g/mol. The van der Waals surface area contributed by atoms with Crippen LogP contribution in [0, 0.1) is 0 Å². The normalized spacial score (nSPS) is 14.3. The van der Waals surface area contributed by atoms with Crippen molar-refractivity contribution in [3.8, 4) is 5.75 Å². The molecule has 0 aromatic carbocycles. The molecule has 0 bridgehead atoms. The molecule has 92 valence electrons. The molecule has 2 aromatic heterocycles. The highest BCUT2D eigenvalue weighted by Crippen LogP contribution is 2.33. The van der Waals surface area contributed by atoms with Crippen LogP contribution < -0.4 is 9.64 Å². The number of thiophene rings is 1. The van der Waals surface area contributed by atoms with E-state index in [0.29, 0.717) is 18.1 Å². The van der Waals surface area contributed by atoms with Crippen LogP contribution in [0.2, 0.25) is 0 Å². The van der Waals surface area contributed by atoms with Gasteiger partial charge in [-0.2, -0.15) is 0 Å². The van der Waals surface area contributed by atoms with Crippen LogP contribution in [-0.2, 0) is 11.3 Å². The molecule has 0 N–H and O–H groups in total. The molecule has 0 atom stereocenters. The first-order chi connectivity index (χ1) is 8.74. The fraction of sp³-hybridized carbons (Fsp3) is 0.167. The smallest absolute Gasteiger partial charge is 0.266 e. The molecule has 0 radical (unpaired) electrons. The molecule has 4 nitrogen and oxygen atoms in total. The Labute approximate surface area is 116 Å². The van der Waals surface area contributed by atoms with Gasteiger partial charge in [-0.1, -0.05) is 6.07 Å². The van der Waals surface area contributed by atoms with E-state index in [1.165, 1.54) is 0 Å². The minimum Gasteiger partial charge on any atom is -0.480 e. The predicted molar refractivity (Wildman–Crippen MR) is 72.9 cm³/mol. The highest BCUT2D eigenvalue weighted by molar-refractivity contribution is 9.10. The second-order valence-electron chi connectivity index (χ2n) is 3.82. The highest BCUT2D eigenvalue weighted by Gasteiger charge is 2.27. The molecule has 1 amide bonds. The lowest BCUT2D eigenvalue weighted by atomic mass is 10.3. The van der Waals surface area contributed by atoms with Gasteiger partial charge in [-0.15, -0.1) is 11.3 Å². The molecule has 18 heavy (non-hydrogen) atoms. The fourth-order valence-corrected chi connectivity index (χ4v) is 2.78. The van der Waals surface area contributed by atoms with Gasteiger partial charge in [0.05, 0.1) is 6.54 Å². The molecule has 0 fully saturated rings. The van der Waals surface area contributed by atoms with Crippen LogP contribution in [0.3, 0.4) is 0 Å². The number of rotatable bonds is 2. The molecule has 2 aromatic rings. The van der Waals surface area contributed by atoms with Gasteiger partial charge in [0.1, 0.15) is 0 Å². The molecule has 0 aliphatic carbocycles. The first kappa shape index (κ1) is 11.7. The van der Waals surface area contributed by atoms with Gasteiger partial charge in [-0.25, -0.2) is 4.98 Å². The molecular formula is C12H9BrN2O2S. The Morgan fingerprint density at radius 1 is 1.56 bits per heavy atom. The summed E-state index contributed by atoms with van der Waals surface area (Å²) in [6.45, 7) is 0.609. The summed E-state index contributed by atoms with van der Waals surface area (Å²) in [6.07, 6.45) is 1.67. The monoisotopic (exact) mass is 324 g/mol. The number of amides is 1. The quantitative estimate of drug-likeness (QED) is 0.853. The number of ether oxygens (including phenoxy) is 1. The van der Waals surface area contributed by atoms with Crippen LogP contribution >= 0.6 is 27.3 Å². The van der Waals surface area contributed by atoms with E-state index >= 15 is 0 Å². The van der Waals surface area contributed by atoms with Crippen LogP contribution in [0.5, 0.6) is 5.75 Å². The summed E-state index contributed by atoms with van der Waals surface area (Å²) in [6, 6.07) is 5.81. The summed E-state index contributed by atoms with van der Waals surface area (Å²) < 4.78 is 6.23. The molecule has 3 heterocycles. The van der Waals surface area contributed by atoms with Crippen molar-refractivity contribution in [3.63, 3.8) is 0 Å². The van der Waals surface area contributed by atoms with Gasteiger partial charge in [0.25, 0.3) is 5.91 Å². The zero-order valence-electron chi connectivity index (χ0n) is 9.30. The van der Waals surface area contributed by atoms with E-state index in [1.807, 2.05) is 23.6 Å². The molecule has 6 heteroatoms. The standard InChI is InChI=1S/C12H9BrN2O2S/c13-8-4-10-12(14-5-8)15(11(16)7-17-10)6-9-2-1-3-18-9/h1-5H,6-7H2. The van der Waals surface area contributed by atoms with E-state index in [4.69, 9.17) is 4.74 Å². The number of nitrogens with zero attached hydrogens (tertiary/aromatic N) is 2. The maximum absolute atomic E-state index is 11.9. The van der Waals surface area contributed by atoms with Gasteiger partial charge >= 0.3 is 0 Å². The maximum atomic E-state index is 11.9. The molecule has 0 unspecified atom stereocenters. The van der Waals surface area contributed by atoms with Gasteiger partial charge in [-0.3, -0.25) is 9.69 Å². The number of halogens is 1. The number of anilines is 1. The van der Waals surface area contributed by atoms with Crippen LogP contribution in [0.25, 0.3) is 0 Å². The van der Waals surface area contributed by atoms with Crippen molar-refractivity contribution in [2.24, 2.45) is 0 Å². The van der Waals surface area contributed by atoms with Crippen molar-refractivity contribution in [2.45, 2.75) is 6.54 Å². The third-order valence-electron chi connectivity index (χ3n) is 2.60. The lowest BCUT2D eigenvalue weighted by molar-refractivity contribution is -0.121. The van der Waals surface area contributed by atoms with E-state index < -0.39 is 0 Å². The van der Waals surface area contributed by atoms with Gasteiger partial charge in [0.15, 0.2) is 18.2 Å². The minimum absolute atomic E-state index is 0.0641. The molecule has 1 aliphatic rings. The van der Waals surface area contributed by atoms with E-state index in [2.05, 4.69) is 20.9 Å². The summed E-state index contributed by atoms with van der Waals surface area (Å²) >= 11 is 4.97. The first-order valence-corrected chi connectivity index (χ1v) is 7.02. The third-order valence-corrected chi connectivity index (χ3v) is 3.90. The van der Waals surface area contributed by atoms with Crippen molar-refractivity contribution < 1.29 is 9.53 Å². The zero-order valence-corrected chi connectivity index (χ0v) is 11.7. The van der Waals surface area contributed by atoms with Crippen molar-refractivity contribution in [1.82, 2.24) is 4.98 Å². The van der Waals surface area contributed by atoms with E-state index in [9.17, 15) is 4.79 Å². The number of hydrogen-bond acceptors (Lipinski definition) is 4. The third kappa shape index (κ3) is 2.13. The minimum atomic E-state index is -0.0641. The predicted octanol–water partition coefficient (Wildman–Crippen LogP) is 2.83. The number of aromatic nitrogens is 1. The van der Waals surface area contributed by atoms with Gasteiger partial charge in [-0.05, 0) is 33.4 Å². The number of hydrogen-bond donors (Lipinski definition) is 0.